The first kappa shape index (κ1) is 17.7. The average Bonchev–Trinajstić information content (AvgIpc) is 2.46. The zero-order valence-corrected chi connectivity index (χ0v) is 14.5. The number of nitrogens with zero attached hydrogens (tertiary/aromatic N) is 3. The molecule has 1 unspecified atom stereocenters. The molecule has 0 amide bonds. The Labute approximate surface area is 129 Å². The summed E-state index contributed by atoms with van der Waals surface area (Å²) in [6, 6.07) is 0.358. The third kappa shape index (κ3) is 5.50. The lowest BCUT2D eigenvalue weighted by molar-refractivity contribution is 0.294. The second-order valence-electron chi connectivity index (χ2n) is 5.55. The van der Waals surface area contributed by atoms with Crippen molar-refractivity contribution in [1.29, 1.82) is 0 Å². The number of anilines is 2. The van der Waals surface area contributed by atoms with Gasteiger partial charge in [0.25, 0.3) is 0 Å². The van der Waals surface area contributed by atoms with Crippen molar-refractivity contribution in [2.75, 3.05) is 36.8 Å². The molecule has 1 atom stereocenters. The minimum absolute atomic E-state index is 0.358. The maximum Gasteiger partial charge on any atom is 0.135 e. The summed E-state index contributed by atoms with van der Waals surface area (Å²) in [5.74, 6) is 2.69. The summed E-state index contributed by atoms with van der Waals surface area (Å²) in [7, 11) is 0. The van der Waals surface area contributed by atoms with E-state index >= 15 is 0 Å². The van der Waals surface area contributed by atoms with Gasteiger partial charge >= 0.3 is 0 Å². The minimum Gasteiger partial charge on any atom is -0.370 e. The second kappa shape index (κ2) is 8.82. The van der Waals surface area contributed by atoms with E-state index < -0.39 is 0 Å². The van der Waals surface area contributed by atoms with E-state index in [2.05, 4.69) is 60.1 Å². The highest BCUT2D eigenvalue weighted by atomic mass is 15.2. The summed E-state index contributed by atoms with van der Waals surface area (Å²) >= 11 is 0. The average molecular weight is 293 g/mol. The highest BCUT2D eigenvalue weighted by Crippen LogP contribution is 2.20. The Hall–Kier alpha value is -1.36. The molecule has 0 saturated heterocycles. The zero-order valence-electron chi connectivity index (χ0n) is 14.5. The van der Waals surface area contributed by atoms with Crippen LogP contribution in [0.1, 0.15) is 45.5 Å². The molecule has 0 aliphatic rings. The fraction of sp³-hybridized carbons (Fsp3) is 0.750. The summed E-state index contributed by atoms with van der Waals surface area (Å²) in [6.45, 7) is 16.9. The third-order valence-corrected chi connectivity index (χ3v) is 3.61. The molecule has 1 heterocycles. The van der Waals surface area contributed by atoms with Gasteiger partial charge in [-0.2, -0.15) is 0 Å². The van der Waals surface area contributed by atoms with Crippen molar-refractivity contribution in [2.24, 2.45) is 0 Å². The minimum atomic E-state index is 0.358. The summed E-state index contributed by atoms with van der Waals surface area (Å²) in [5, 5.41) is 6.91. The Morgan fingerprint density at radius 1 is 1.05 bits per heavy atom. The van der Waals surface area contributed by atoms with Gasteiger partial charge in [0.2, 0.25) is 0 Å². The molecule has 1 aromatic heterocycles. The Balaban J connectivity index is 2.80. The number of aryl methyl sites for hydroxylation is 1. The van der Waals surface area contributed by atoms with Crippen molar-refractivity contribution < 1.29 is 0 Å². The molecular formula is C16H31N5. The first-order chi connectivity index (χ1) is 10.0. The van der Waals surface area contributed by atoms with E-state index in [1.165, 1.54) is 0 Å². The summed E-state index contributed by atoms with van der Waals surface area (Å²) < 4.78 is 0. The molecular weight excluding hydrogens is 262 g/mol. The van der Waals surface area contributed by atoms with Crippen LogP contribution >= 0.6 is 0 Å². The standard InChI is InChI=1S/C16H31N5/c1-7-10-17-15-13(5)16(20-14(6)19-15)18-12(4)11-21(8-2)9-3/h12H,7-11H2,1-6H3,(H2,17,18,19,20). The summed E-state index contributed by atoms with van der Waals surface area (Å²) in [5.41, 5.74) is 1.10. The van der Waals surface area contributed by atoms with Crippen LogP contribution in [0.25, 0.3) is 0 Å². The van der Waals surface area contributed by atoms with Crippen molar-refractivity contribution >= 4 is 11.6 Å². The summed E-state index contributed by atoms with van der Waals surface area (Å²) in [6.07, 6.45) is 1.09. The maximum absolute atomic E-state index is 4.56. The highest BCUT2D eigenvalue weighted by molar-refractivity contribution is 5.57. The molecule has 2 N–H and O–H groups in total. The van der Waals surface area contributed by atoms with Crippen LogP contribution in [0, 0.1) is 13.8 Å². The predicted octanol–water partition coefficient (Wildman–Crippen LogP) is 3.06. The lowest BCUT2D eigenvalue weighted by atomic mass is 10.2. The van der Waals surface area contributed by atoms with Crippen LogP contribution in [-0.2, 0) is 0 Å². The van der Waals surface area contributed by atoms with E-state index in [4.69, 9.17) is 0 Å². The molecule has 1 rings (SSSR count). The van der Waals surface area contributed by atoms with Gasteiger partial charge < -0.3 is 15.5 Å². The second-order valence-corrected chi connectivity index (χ2v) is 5.55. The quantitative estimate of drug-likeness (QED) is 0.733. The predicted molar refractivity (Wildman–Crippen MR) is 91.2 cm³/mol. The molecule has 1 aromatic rings. The molecule has 0 fully saturated rings. The Bertz CT molecular complexity index is 429. The molecule has 0 aromatic carbocycles. The number of hydrogen-bond acceptors (Lipinski definition) is 5. The molecule has 21 heavy (non-hydrogen) atoms. The largest absolute Gasteiger partial charge is 0.370 e. The molecule has 0 spiro atoms. The maximum atomic E-state index is 4.56. The zero-order chi connectivity index (χ0) is 15.8. The van der Waals surface area contributed by atoms with Crippen LogP contribution in [-0.4, -0.2) is 47.1 Å². The number of likely N-dealkylation sites (N-methyl/N-ethyl adjacent to an activating group) is 1. The summed E-state index contributed by atoms with van der Waals surface area (Å²) in [4.78, 5) is 11.5. The van der Waals surface area contributed by atoms with Gasteiger partial charge in [-0.3, -0.25) is 0 Å². The van der Waals surface area contributed by atoms with Crippen molar-refractivity contribution in [1.82, 2.24) is 14.9 Å². The molecule has 5 nitrogen and oxygen atoms in total. The van der Waals surface area contributed by atoms with Crippen LogP contribution in [0.4, 0.5) is 11.6 Å². The number of rotatable bonds is 9. The van der Waals surface area contributed by atoms with E-state index in [1.807, 2.05) is 6.92 Å². The number of hydrogen-bond donors (Lipinski definition) is 2. The third-order valence-electron chi connectivity index (χ3n) is 3.61. The molecule has 5 heteroatoms. The van der Waals surface area contributed by atoms with E-state index in [0.29, 0.717) is 6.04 Å². The van der Waals surface area contributed by atoms with Gasteiger partial charge in [0.05, 0.1) is 0 Å². The molecule has 0 saturated carbocycles. The van der Waals surface area contributed by atoms with Crippen LogP contribution in [0.15, 0.2) is 0 Å². The normalized spacial score (nSPS) is 12.5. The van der Waals surface area contributed by atoms with Crippen LogP contribution < -0.4 is 10.6 Å². The van der Waals surface area contributed by atoms with E-state index in [-0.39, 0.29) is 0 Å². The first-order valence-corrected chi connectivity index (χ1v) is 8.09. The van der Waals surface area contributed by atoms with Crippen LogP contribution in [0.2, 0.25) is 0 Å². The Morgan fingerprint density at radius 3 is 2.24 bits per heavy atom. The molecule has 0 bridgehead atoms. The molecule has 0 aliphatic carbocycles. The van der Waals surface area contributed by atoms with Crippen LogP contribution in [0.5, 0.6) is 0 Å². The fourth-order valence-corrected chi connectivity index (χ4v) is 2.33. The van der Waals surface area contributed by atoms with Crippen molar-refractivity contribution in [3.8, 4) is 0 Å². The topological polar surface area (TPSA) is 53.1 Å². The molecule has 0 radical (unpaired) electrons. The first-order valence-electron chi connectivity index (χ1n) is 8.09. The monoisotopic (exact) mass is 293 g/mol. The van der Waals surface area contributed by atoms with Crippen molar-refractivity contribution in [3.05, 3.63) is 11.4 Å². The van der Waals surface area contributed by atoms with Gasteiger partial charge in [0.15, 0.2) is 0 Å². The Morgan fingerprint density at radius 2 is 1.67 bits per heavy atom. The highest BCUT2D eigenvalue weighted by Gasteiger charge is 2.12. The smallest absolute Gasteiger partial charge is 0.135 e. The SMILES string of the molecule is CCCNc1nc(C)nc(NC(C)CN(CC)CC)c1C. The number of nitrogens with one attached hydrogen (secondary N) is 2. The van der Waals surface area contributed by atoms with Crippen molar-refractivity contribution in [3.63, 3.8) is 0 Å². The fourth-order valence-electron chi connectivity index (χ4n) is 2.33. The van der Waals surface area contributed by atoms with Crippen molar-refractivity contribution in [2.45, 2.75) is 54.0 Å². The van der Waals surface area contributed by atoms with Gasteiger partial charge in [-0.05, 0) is 40.3 Å². The molecule has 0 aliphatic heterocycles. The Kier molecular flexibility index (Phi) is 7.43. The van der Waals surface area contributed by atoms with Gasteiger partial charge in [-0.1, -0.05) is 20.8 Å². The lowest BCUT2D eigenvalue weighted by Crippen LogP contribution is -2.35. The lowest BCUT2D eigenvalue weighted by Gasteiger charge is -2.24. The number of aromatic nitrogens is 2. The van der Waals surface area contributed by atoms with Gasteiger partial charge in [-0.25, -0.2) is 9.97 Å². The van der Waals surface area contributed by atoms with E-state index in [1.54, 1.807) is 0 Å². The van der Waals surface area contributed by atoms with Crippen LogP contribution in [0.3, 0.4) is 0 Å². The van der Waals surface area contributed by atoms with Gasteiger partial charge in [-0.15, -0.1) is 0 Å². The molecule has 120 valence electrons. The van der Waals surface area contributed by atoms with E-state index in [9.17, 15) is 0 Å². The van der Waals surface area contributed by atoms with Gasteiger partial charge in [0, 0.05) is 24.7 Å². The van der Waals surface area contributed by atoms with E-state index in [0.717, 1.165) is 55.6 Å². The van der Waals surface area contributed by atoms with Gasteiger partial charge in [0.1, 0.15) is 17.5 Å².